The second kappa shape index (κ2) is 10.0. The van der Waals surface area contributed by atoms with Crippen LogP contribution >= 0.6 is 0 Å². The van der Waals surface area contributed by atoms with Gasteiger partial charge in [-0.2, -0.15) is 8.78 Å². The number of carboxylic acid groups (broad SMARTS) is 1. The number of benzene rings is 1. The molecule has 1 unspecified atom stereocenters. The number of carbonyl (C=O) groups is 5. The largest absolute Gasteiger partial charge is 0.481 e. The molecule has 1 saturated heterocycles. The van der Waals surface area contributed by atoms with E-state index in [1.165, 1.54) is 18.2 Å². The Morgan fingerprint density at radius 1 is 1.27 bits per heavy atom. The summed E-state index contributed by atoms with van der Waals surface area (Å²) in [5.74, 6) is -7.67. The first kappa shape index (κ1) is 23.1. The van der Waals surface area contributed by atoms with Gasteiger partial charge in [-0.25, -0.2) is 0 Å². The van der Waals surface area contributed by atoms with Gasteiger partial charge in [-0.3, -0.25) is 29.3 Å². The number of carbonyl (C=O) groups excluding carboxylic acids is 4. The van der Waals surface area contributed by atoms with Crippen molar-refractivity contribution in [2.75, 3.05) is 0 Å². The molecule has 3 amide bonds. The number of imide groups is 1. The average Bonchev–Trinajstić information content (AvgIpc) is 2.70. The minimum Gasteiger partial charge on any atom is -0.481 e. The fourth-order valence-electron chi connectivity index (χ4n) is 2.85. The molecule has 1 aromatic carbocycles. The van der Waals surface area contributed by atoms with Crippen LogP contribution in [0.2, 0.25) is 0 Å². The Kier molecular flexibility index (Phi) is 7.70. The summed E-state index contributed by atoms with van der Waals surface area (Å²) >= 11 is 0. The Bertz CT molecular complexity index is 859. The number of aliphatic carboxylic acids is 1. The van der Waals surface area contributed by atoms with Crippen molar-refractivity contribution < 1.29 is 37.9 Å². The molecule has 2 rings (SSSR count). The molecular formula is C19H21F2N3O6. The van der Waals surface area contributed by atoms with Gasteiger partial charge in [0.05, 0.1) is 12.5 Å². The molecule has 30 heavy (non-hydrogen) atoms. The van der Waals surface area contributed by atoms with Crippen molar-refractivity contribution in [3.63, 3.8) is 0 Å². The van der Waals surface area contributed by atoms with Gasteiger partial charge in [0.2, 0.25) is 11.8 Å². The summed E-state index contributed by atoms with van der Waals surface area (Å²) in [6.45, 7) is -0.150. The van der Waals surface area contributed by atoms with E-state index in [0.717, 1.165) is 0 Å². The van der Waals surface area contributed by atoms with Crippen molar-refractivity contribution in [1.82, 2.24) is 16.0 Å². The summed E-state index contributed by atoms with van der Waals surface area (Å²) in [6.07, 6.45) is -0.859. The molecule has 1 atom stereocenters. The molecule has 1 aliphatic rings. The molecule has 4 N–H and O–H groups in total. The summed E-state index contributed by atoms with van der Waals surface area (Å²) in [4.78, 5) is 56.3. The number of aldehydes is 1. The van der Waals surface area contributed by atoms with Gasteiger partial charge in [0.1, 0.15) is 6.29 Å². The number of nitrogens with one attached hydrogen (secondary N) is 3. The molecule has 0 saturated carbocycles. The van der Waals surface area contributed by atoms with E-state index in [1.54, 1.807) is 0 Å². The minimum absolute atomic E-state index is 0.108. The second-order valence-corrected chi connectivity index (χ2v) is 6.82. The lowest BCUT2D eigenvalue weighted by atomic mass is 10.0. The van der Waals surface area contributed by atoms with Gasteiger partial charge in [-0.15, -0.1) is 0 Å². The number of amides is 3. The first-order chi connectivity index (χ1) is 14.1. The number of hydrogen-bond acceptors (Lipinski definition) is 6. The van der Waals surface area contributed by atoms with Crippen LogP contribution in [0.5, 0.6) is 0 Å². The maximum atomic E-state index is 13.7. The lowest BCUT2D eigenvalue weighted by Crippen LogP contribution is -2.50. The summed E-state index contributed by atoms with van der Waals surface area (Å²) in [7, 11) is 0. The molecule has 1 aromatic rings. The van der Waals surface area contributed by atoms with Crippen LogP contribution in [0.25, 0.3) is 0 Å². The highest BCUT2D eigenvalue weighted by Gasteiger charge is 2.38. The van der Waals surface area contributed by atoms with E-state index in [-0.39, 0.29) is 25.4 Å². The van der Waals surface area contributed by atoms with Crippen LogP contribution in [0.4, 0.5) is 8.78 Å². The Morgan fingerprint density at radius 3 is 2.63 bits per heavy atom. The Balaban J connectivity index is 1.99. The van der Waals surface area contributed by atoms with E-state index in [1.807, 2.05) is 0 Å². The standard InChI is InChI=1S/C19H21F2N3O6/c20-19(21,6-5-16(27)28)18(30)23-8-11-1-2-12(10-25)13(7-11)9-22-14-3-4-15(26)24-17(14)29/h1-2,7,10,14,22H,3-6,8-9H2,(H,23,30)(H,27,28)(H,24,26,29). The second-order valence-electron chi connectivity index (χ2n) is 6.82. The molecule has 11 heteroatoms. The third-order valence-corrected chi connectivity index (χ3v) is 4.55. The van der Waals surface area contributed by atoms with E-state index in [2.05, 4.69) is 16.0 Å². The van der Waals surface area contributed by atoms with Crippen LogP contribution < -0.4 is 16.0 Å². The average molecular weight is 425 g/mol. The van der Waals surface area contributed by atoms with Crippen molar-refractivity contribution in [3.05, 3.63) is 34.9 Å². The first-order valence-electron chi connectivity index (χ1n) is 9.14. The van der Waals surface area contributed by atoms with Crippen molar-refractivity contribution in [2.24, 2.45) is 0 Å². The van der Waals surface area contributed by atoms with Crippen LogP contribution in [0.15, 0.2) is 18.2 Å². The van der Waals surface area contributed by atoms with Gasteiger partial charge in [0, 0.05) is 31.5 Å². The highest BCUT2D eigenvalue weighted by atomic mass is 19.3. The zero-order valence-electron chi connectivity index (χ0n) is 15.9. The van der Waals surface area contributed by atoms with Gasteiger partial charge in [0.15, 0.2) is 0 Å². The number of carboxylic acids is 1. The highest BCUT2D eigenvalue weighted by Crippen LogP contribution is 2.21. The van der Waals surface area contributed by atoms with Gasteiger partial charge in [-0.1, -0.05) is 18.2 Å². The van der Waals surface area contributed by atoms with Crippen LogP contribution in [0.3, 0.4) is 0 Å². The maximum Gasteiger partial charge on any atom is 0.325 e. The lowest BCUT2D eigenvalue weighted by Gasteiger charge is -2.22. The fourth-order valence-corrected chi connectivity index (χ4v) is 2.85. The smallest absolute Gasteiger partial charge is 0.325 e. The van der Waals surface area contributed by atoms with E-state index < -0.39 is 42.6 Å². The Labute approximate surface area is 170 Å². The maximum absolute atomic E-state index is 13.7. The van der Waals surface area contributed by atoms with Crippen molar-refractivity contribution in [1.29, 1.82) is 0 Å². The zero-order chi connectivity index (χ0) is 22.3. The molecule has 0 aliphatic carbocycles. The summed E-state index contributed by atoms with van der Waals surface area (Å²) in [5.41, 5.74) is 1.24. The monoisotopic (exact) mass is 425 g/mol. The number of rotatable bonds is 10. The summed E-state index contributed by atoms with van der Waals surface area (Å²) in [5, 5.41) is 15.7. The van der Waals surface area contributed by atoms with Gasteiger partial charge >= 0.3 is 11.9 Å². The third kappa shape index (κ3) is 6.41. The van der Waals surface area contributed by atoms with Crippen molar-refractivity contribution in [2.45, 2.75) is 50.7 Å². The Morgan fingerprint density at radius 2 is 2.00 bits per heavy atom. The molecule has 0 bridgehead atoms. The molecule has 0 spiro atoms. The fraction of sp³-hybridized carbons (Fsp3) is 0.421. The topological polar surface area (TPSA) is 142 Å². The van der Waals surface area contributed by atoms with Crippen LogP contribution in [0.1, 0.15) is 47.2 Å². The van der Waals surface area contributed by atoms with E-state index >= 15 is 0 Å². The Hall–Kier alpha value is -3.21. The summed E-state index contributed by atoms with van der Waals surface area (Å²) in [6, 6.07) is 3.85. The van der Waals surface area contributed by atoms with Crippen LogP contribution in [-0.4, -0.2) is 47.0 Å². The van der Waals surface area contributed by atoms with E-state index in [0.29, 0.717) is 29.4 Å². The molecule has 1 fully saturated rings. The predicted molar refractivity (Wildman–Crippen MR) is 98.5 cm³/mol. The molecule has 1 heterocycles. The highest BCUT2D eigenvalue weighted by molar-refractivity contribution is 6.00. The summed E-state index contributed by atoms with van der Waals surface area (Å²) < 4.78 is 27.4. The molecule has 162 valence electrons. The molecule has 0 radical (unpaired) electrons. The number of halogens is 2. The number of piperidine rings is 1. The van der Waals surface area contributed by atoms with Crippen LogP contribution in [0, 0.1) is 0 Å². The third-order valence-electron chi connectivity index (χ3n) is 4.55. The SMILES string of the molecule is O=Cc1ccc(CNC(=O)C(F)(F)CCC(=O)O)cc1CNC1CCC(=O)NC1=O. The van der Waals surface area contributed by atoms with Crippen LogP contribution in [-0.2, 0) is 32.3 Å². The van der Waals surface area contributed by atoms with E-state index in [9.17, 15) is 32.8 Å². The molecular weight excluding hydrogens is 404 g/mol. The lowest BCUT2D eigenvalue weighted by molar-refractivity contribution is -0.149. The van der Waals surface area contributed by atoms with Gasteiger partial charge in [0.25, 0.3) is 5.91 Å². The zero-order valence-corrected chi connectivity index (χ0v) is 15.9. The number of hydrogen-bond donors (Lipinski definition) is 4. The van der Waals surface area contributed by atoms with Gasteiger partial charge in [-0.05, 0) is 17.5 Å². The molecule has 1 aliphatic heterocycles. The predicted octanol–water partition coefficient (Wildman–Crippen LogP) is 0.510. The molecule has 0 aromatic heterocycles. The quantitative estimate of drug-likeness (QED) is 0.316. The normalized spacial score (nSPS) is 16.7. The van der Waals surface area contributed by atoms with Crippen molar-refractivity contribution in [3.8, 4) is 0 Å². The van der Waals surface area contributed by atoms with E-state index in [4.69, 9.17) is 5.11 Å². The minimum atomic E-state index is -3.82. The first-order valence-corrected chi connectivity index (χ1v) is 9.14. The van der Waals surface area contributed by atoms with Crippen molar-refractivity contribution >= 4 is 30.0 Å². The van der Waals surface area contributed by atoms with Gasteiger partial charge < -0.3 is 15.7 Å². The number of alkyl halides is 2. The molecule has 9 nitrogen and oxygen atoms in total.